The predicted molar refractivity (Wildman–Crippen MR) is 319 cm³/mol. The summed E-state index contributed by atoms with van der Waals surface area (Å²) in [6.07, 6.45) is 0. The Morgan fingerprint density at radius 2 is 0.833 bits per heavy atom. The van der Waals surface area contributed by atoms with E-state index in [1.165, 1.54) is 110 Å². The minimum absolute atomic E-state index is 0.164. The van der Waals surface area contributed by atoms with E-state index in [1.807, 2.05) is 6.07 Å². The van der Waals surface area contributed by atoms with E-state index in [9.17, 15) is 0 Å². The number of rotatable bonds is 8. The van der Waals surface area contributed by atoms with Gasteiger partial charge in [0, 0.05) is 0 Å². The fourth-order valence-electron chi connectivity index (χ4n) is 9.77. The van der Waals surface area contributed by atoms with Crippen LogP contribution in [-0.2, 0) is 31.7 Å². The molecule has 2 radical (unpaired) electrons. The van der Waals surface area contributed by atoms with Crippen molar-refractivity contribution in [3.63, 3.8) is 0 Å². The van der Waals surface area contributed by atoms with Gasteiger partial charge in [-0.05, 0) is 79.7 Å². The first kappa shape index (κ1) is 57.5. The van der Waals surface area contributed by atoms with Gasteiger partial charge < -0.3 is 0 Å². The quantitative estimate of drug-likeness (QED) is 0.105. The second-order valence-electron chi connectivity index (χ2n) is 24.0. The van der Waals surface area contributed by atoms with Crippen molar-refractivity contribution < 1.29 is 20.8 Å². The molecule has 0 aromatic heterocycles. The monoisotopic (exact) mass is 1090 g/mol. The summed E-state index contributed by atoms with van der Waals surface area (Å²) in [6.45, 7) is 41.5. The van der Waals surface area contributed by atoms with Crippen LogP contribution in [0.5, 0.6) is 0 Å². The molecule has 8 aromatic carbocycles. The Bertz CT molecular complexity index is 2820. The molecule has 0 nitrogen and oxygen atoms in total. The second kappa shape index (κ2) is 24.3. The van der Waals surface area contributed by atoms with Gasteiger partial charge in [0.05, 0.1) is 9.52 Å². The van der Waals surface area contributed by atoms with E-state index in [2.05, 4.69) is 252 Å². The summed E-state index contributed by atoms with van der Waals surface area (Å²) in [7, 11) is 10.7. The van der Waals surface area contributed by atoms with Crippen molar-refractivity contribution in [1.29, 1.82) is 0 Å². The molecule has 378 valence electrons. The van der Waals surface area contributed by atoms with Gasteiger partial charge in [0.25, 0.3) is 0 Å². The molecule has 0 atom stereocenters. The molecule has 0 saturated carbocycles. The van der Waals surface area contributed by atoms with Crippen LogP contribution in [0.2, 0.25) is 0 Å². The molecule has 4 heteroatoms. The minimum Gasteiger partial charge on any atom is -0.184 e. The van der Waals surface area contributed by atoms with Crippen molar-refractivity contribution >= 4 is 58.5 Å². The molecule has 0 amide bonds. The molecule has 0 fully saturated rings. The van der Waals surface area contributed by atoms with Crippen molar-refractivity contribution in [3.8, 4) is 33.4 Å². The predicted octanol–water partition coefficient (Wildman–Crippen LogP) is 20.3. The first-order chi connectivity index (χ1) is 33.8. The van der Waals surface area contributed by atoms with Gasteiger partial charge in [0.1, 0.15) is 0 Å². The average Bonchev–Trinajstić information content (AvgIpc) is 4.07. The molecule has 0 N–H and O–H groups in total. The Kier molecular flexibility index (Phi) is 19.4. The van der Waals surface area contributed by atoms with Gasteiger partial charge in [-0.1, -0.05) is 218 Å². The Hall–Kier alpha value is -3.78. The third-order valence-electron chi connectivity index (χ3n) is 14.4. The Morgan fingerprint density at radius 3 is 1.19 bits per heavy atom. The molecule has 9 rings (SSSR count). The van der Waals surface area contributed by atoms with Gasteiger partial charge >= 0.3 is 37.9 Å². The van der Waals surface area contributed by atoms with Crippen LogP contribution in [0.3, 0.4) is 0 Å². The minimum atomic E-state index is -0.826. The zero-order valence-corrected chi connectivity index (χ0v) is 51.8. The Balaban J connectivity index is 0.000000181. The van der Waals surface area contributed by atoms with E-state index in [0.717, 1.165) is 9.52 Å². The third-order valence-corrected chi connectivity index (χ3v) is 15.7. The average molecular weight is 1090 g/mol. The standard InChI is InChI=1S/2C28H37.C12H7Si.2ClH.Zr/c2*1-17(2)21-12-22(18(3)4)14-23(13-21)27-25(19(5)6)11-10-20-15-24(16-26(20)27)28(7,8)9;1-3-7-11-9(5-1)10-6-2-4-8-12(10)13-11;;;/h2*10-19H,1-9H3;1-7H;2*1H;/q3*-1;;;+2/p-2. The molecule has 1 aliphatic rings. The second-order valence-corrected chi connectivity index (χ2v) is 29.0. The van der Waals surface area contributed by atoms with Gasteiger partial charge in [0.2, 0.25) is 0 Å². The van der Waals surface area contributed by atoms with E-state index < -0.39 is 20.8 Å². The normalized spacial score (nSPS) is 12.3. The van der Waals surface area contributed by atoms with Gasteiger partial charge in [-0.15, -0.1) is 74.6 Å². The van der Waals surface area contributed by atoms with Gasteiger partial charge in [0.15, 0.2) is 0 Å². The molecule has 0 bridgehead atoms. The van der Waals surface area contributed by atoms with E-state index in [1.54, 1.807) is 0 Å². The summed E-state index contributed by atoms with van der Waals surface area (Å²) in [5.74, 6) is 3.12. The van der Waals surface area contributed by atoms with Crippen LogP contribution in [0, 0.1) is 6.07 Å². The van der Waals surface area contributed by atoms with Crippen LogP contribution in [0.25, 0.3) is 54.9 Å². The van der Waals surface area contributed by atoms with E-state index >= 15 is 0 Å². The van der Waals surface area contributed by atoms with E-state index in [0.29, 0.717) is 35.5 Å². The molecule has 72 heavy (non-hydrogen) atoms. The zero-order valence-electron chi connectivity index (χ0n) is 46.8. The van der Waals surface area contributed by atoms with Crippen LogP contribution >= 0.6 is 17.0 Å². The molecule has 0 aliphatic carbocycles. The topological polar surface area (TPSA) is 0 Å². The Morgan fingerprint density at radius 1 is 0.458 bits per heavy atom. The number of benzene rings is 6. The zero-order chi connectivity index (χ0) is 53.0. The maximum absolute atomic E-state index is 4.93. The molecule has 1 heterocycles. The van der Waals surface area contributed by atoms with Crippen LogP contribution in [0.1, 0.15) is 205 Å². The third kappa shape index (κ3) is 13.5. The number of fused-ring (bicyclic) bond motifs is 5. The van der Waals surface area contributed by atoms with Crippen molar-refractivity contribution in [1.82, 2.24) is 0 Å². The fourth-order valence-corrected chi connectivity index (χ4v) is 11.1. The summed E-state index contributed by atoms with van der Waals surface area (Å²) in [5, 5.41) is 8.37. The number of hydrogen-bond acceptors (Lipinski definition) is 0. The summed E-state index contributed by atoms with van der Waals surface area (Å²) in [4.78, 5) is 0. The van der Waals surface area contributed by atoms with Gasteiger partial charge in [-0.2, -0.15) is 41.6 Å². The number of hydrogen-bond donors (Lipinski definition) is 0. The molecule has 0 saturated heterocycles. The van der Waals surface area contributed by atoms with Crippen LogP contribution in [0.15, 0.2) is 127 Å². The summed E-state index contributed by atoms with van der Waals surface area (Å²) >= 11 is -0.826. The van der Waals surface area contributed by atoms with Crippen LogP contribution < -0.4 is 10.4 Å². The Labute approximate surface area is 458 Å². The largest absolute Gasteiger partial charge is 0.184 e. The van der Waals surface area contributed by atoms with E-state index in [4.69, 9.17) is 17.0 Å². The van der Waals surface area contributed by atoms with Crippen molar-refractivity contribution in [2.75, 3.05) is 0 Å². The molecule has 0 spiro atoms. The molecule has 0 unspecified atom stereocenters. The van der Waals surface area contributed by atoms with Crippen molar-refractivity contribution in [3.05, 3.63) is 178 Å². The van der Waals surface area contributed by atoms with E-state index in [-0.39, 0.29) is 10.8 Å². The fraction of sp³-hybridized carbons (Fsp3) is 0.382. The van der Waals surface area contributed by atoms with Crippen molar-refractivity contribution in [2.24, 2.45) is 0 Å². The summed E-state index contributed by atoms with van der Waals surface area (Å²) in [5.41, 5.74) is 20.3. The van der Waals surface area contributed by atoms with Gasteiger partial charge in [-0.3, -0.25) is 0 Å². The summed E-state index contributed by atoms with van der Waals surface area (Å²) < 4.78 is 0. The van der Waals surface area contributed by atoms with Crippen LogP contribution in [0.4, 0.5) is 0 Å². The molecular weight excluding hydrogens is 1010 g/mol. The van der Waals surface area contributed by atoms with Gasteiger partial charge in [-0.25, -0.2) is 0 Å². The molecule has 1 aliphatic heterocycles. The number of halogens is 2. The SMILES string of the molecule is CC(C)c1cc(-c2c(C(C)C)ccc3[cH-]c(C(C)(C)C)cc23)cc(C(C)C)c1.CC(C)c1cc(-c2c(C(C)C)ccc3[cH-]c(C(C)(C)C)cc23)cc(C(C)C)c1.[Cl][Zr][Cl].[c-]1cccc2c1[Si]c1ccccc1-2. The maximum Gasteiger partial charge on any atom is 0.0920 e. The van der Waals surface area contributed by atoms with Crippen LogP contribution in [-0.4, -0.2) is 9.52 Å². The molecular formula is C68H81Cl2SiZr-3. The molecule has 8 aromatic rings. The first-order valence-electron chi connectivity index (χ1n) is 26.5. The first-order valence-corrected chi connectivity index (χ1v) is 33.8. The van der Waals surface area contributed by atoms with Crippen molar-refractivity contribution in [2.45, 2.75) is 171 Å². The maximum atomic E-state index is 4.93. The smallest absolute Gasteiger partial charge is 0.0920 e. The summed E-state index contributed by atoms with van der Waals surface area (Å²) in [6, 6.07) is 51.7.